The molecule has 3 nitrogen and oxygen atoms in total. The van der Waals surface area contributed by atoms with E-state index in [2.05, 4.69) is 25.9 Å². The number of aromatic nitrogens is 2. The van der Waals surface area contributed by atoms with E-state index in [1.165, 1.54) is 0 Å². The number of nitrogens with zero attached hydrogens (tertiary/aromatic N) is 1. The second kappa shape index (κ2) is 3.82. The highest BCUT2D eigenvalue weighted by molar-refractivity contribution is 9.10. The van der Waals surface area contributed by atoms with Gasteiger partial charge in [0.15, 0.2) is 5.82 Å². The zero-order valence-corrected chi connectivity index (χ0v) is 10.8. The molecule has 0 bridgehead atoms. The number of rotatable bonds is 2. The van der Waals surface area contributed by atoms with Gasteiger partial charge in [-0.25, -0.2) is 4.98 Å². The van der Waals surface area contributed by atoms with E-state index in [9.17, 15) is 4.79 Å². The maximum absolute atomic E-state index is 11.8. The van der Waals surface area contributed by atoms with Crippen molar-refractivity contribution in [3.8, 4) is 10.7 Å². The number of hydrogen-bond acceptors (Lipinski definition) is 3. The molecule has 0 spiro atoms. The monoisotopic (exact) mass is 296 g/mol. The zero-order valence-electron chi connectivity index (χ0n) is 8.37. The molecule has 0 saturated heterocycles. The van der Waals surface area contributed by atoms with Crippen LogP contribution in [0.15, 0.2) is 26.8 Å². The summed E-state index contributed by atoms with van der Waals surface area (Å²) in [6.45, 7) is 0. The summed E-state index contributed by atoms with van der Waals surface area (Å²) >= 11 is 4.90. The Balaban J connectivity index is 2.17. The maximum atomic E-state index is 11.8. The van der Waals surface area contributed by atoms with Gasteiger partial charge in [-0.2, -0.15) is 0 Å². The molecule has 1 aliphatic carbocycles. The van der Waals surface area contributed by atoms with E-state index >= 15 is 0 Å². The van der Waals surface area contributed by atoms with E-state index in [1.54, 1.807) is 11.3 Å². The van der Waals surface area contributed by atoms with Crippen molar-refractivity contribution in [1.29, 1.82) is 0 Å². The molecule has 0 aromatic carbocycles. The van der Waals surface area contributed by atoms with Crippen LogP contribution in [0.1, 0.15) is 24.5 Å². The van der Waals surface area contributed by atoms with Crippen LogP contribution in [0.4, 0.5) is 0 Å². The Morgan fingerprint density at radius 2 is 2.31 bits per heavy atom. The molecular weight excluding hydrogens is 288 g/mol. The Morgan fingerprint density at radius 1 is 1.50 bits per heavy atom. The average molecular weight is 297 g/mol. The van der Waals surface area contributed by atoms with E-state index in [1.807, 2.05) is 17.5 Å². The molecule has 1 aliphatic rings. The van der Waals surface area contributed by atoms with E-state index < -0.39 is 0 Å². The third-order valence-electron chi connectivity index (χ3n) is 2.61. The van der Waals surface area contributed by atoms with Crippen LogP contribution in [0.25, 0.3) is 10.7 Å². The molecule has 2 aromatic heterocycles. The predicted octanol–water partition coefficient (Wildman–Crippen LogP) is 3.14. The summed E-state index contributed by atoms with van der Waals surface area (Å²) in [5.74, 6) is 1.15. The second-order valence-electron chi connectivity index (χ2n) is 3.87. The Hall–Kier alpha value is -0.940. The van der Waals surface area contributed by atoms with E-state index in [-0.39, 0.29) is 5.56 Å². The van der Waals surface area contributed by atoms with Crippen LogP contribution >= 0.6 is 27.3 Å². The van der Waals surface area contributed by atoms with Crippen molar-refractivity contribution in [2.24, 2.45) is 0 Å². The molecule has 3 rings (SSSR count). The lowest BCUT2D eigenvalue weighted by Gasteiger charge is -2.03. The Morgan fingerprint density at radius 3 is 2.94 bits per heavy atom. The zero-order chi connectivity index (χ0) is 11.1. The van der Waals surface area contributed by atoms with Gasteiger partial charge in [0.05, 0.1) is 10.6 Å². The summed E-state index contributed by atoms with van der Waals surface area (Å²) in [6.07, 6.45) is 2.28. The molecule has 5 heteroatoms. The van der Waals surface area contributed by atoms with Gasteiger partial charge >= 0.3 is 0 Å². The van der Waals surface area contributed by atoms with Gasteiger partial charge in [0.1, 0.15) is 4.47 Å². The minimum atomic E-state index is -0.0831. The molecule has 0 atom stereocenters. The van der Waals surface area contributed by atoms with Gasteiger partial charge in [0.2, 0.25) is 0 Å². The lowest BCUT2D eigenvalue weighted by atomic mass is 10.3. The summed E-state index contributed by atoms with van der Waals surface area (Å²) < 4.78 is 0.593. The first kappa shape index (κ1) is 10.2. The van der Waals surface area contributed by atoms with Gasteiger partial charge in [0, 0.05) is 5.92 Å². The van der Waals surface area contributed by atoms with Gasteiger partial charge in [0.25, 0.3) is 5.56 Å². The molecule has 16 heavy (non-hydrogen) atoms. The number of halogens is 1. The summed E-state index contributed by atoms with van der Waals surface area (Å²) in [5.41, 5.74) is 0.826. The molecule has 1 fully saturated rings. The third kappa shape index (κ3) is 1.74. The van der Waals surface area contributed by atoms with Crippen molar-refractivity contribution in [2.75, 3.05) is 0 Å². The Bertz CT molecular complexity index is 572. The van der Waals surface area contributed by atoms with E-state index in [4.69, 9.17) is 0 Å². The molecule has 0 unspecified atom stereocenters. The molecule has 2 aromatic rings. The lowest BCUT2D eigenvalue weighted by molar-refractivity contribution is 0.962. The standard InChI is InChI=1S/C11H9BrN2OS/c12-8-9(6-3-4-6)13-10(14-11(8)15)7-2-1-5-16-7/h1-2,5-6H,3-4H2,(H,13,14,15). The SMILES string of the molecule is O=c1[nH]c(-c2cccs2)nc(C2CC2)c1Br. The molecule has 0 radical (unpaired) electrons. The maximum Gasteiger partial charge on any atom is 0.265 e. The van der Waals surface area contributed by atoms with Crippen LogP contribution < -0.4 is 5.56 Å². The smallest absolute Gasteiger partial charge is 0.265 e. The minimum Gasteiger partial charge on any atom is -0.305 e. The van der Waals surface area contributed by atoms with Crippen molar-refractivity contribution >= 4 is 27.3 Å². The predicted molar refractivity (Wildman–Crippen MR) is 67.8 cm³/mol. The first-order chi connectivity index (χ1) is 7.75. The van der Waals surface area contributed by atoms with Crippen LogP contribution in [-0.4, -0.2) is 9.97 Å². The Kier molecular flexibility index (Phi) is 2.44. The first-order valence-electron chi connectivity index (χ1n) is 5.09. The first-order valence-corrected chi connectivity index (χ1v) is 6.76. The van der Waals surface area contributed by atoms with Gasteiger partial charge < -0.3 is 4.98 Å². The number of nitrogens with one attached hydrogen (secondary N) is 1. The van der Waals surface area contributed by atoms with Gasteiger partial charge in [-0.3, -0.25) is 4.79 Å². The summed E-state index contributed by atoms with van der Waals surface area (Å²) in [6, 6.07) is 3.92. The highest BCUT2D eigenvalue weighted by atomic mass is 79.9. The van der Waals surface area contributed by atoms with Crippen molar-refractivity contribution < 1.29 is 0 Å². The highest BCUT2D eigenvalue weighted by Gasteiger charge is 2.29. The van der Waals surface area contributed by atoms with Crippen LogP contribution in [0.5, 0.6) is 0 Å². The van der Waals surface area contributed by atoms with Crippen LogP contribution in [-0.2, 0) is 0 Å². The number of thiophene rings is 1. The number of aromatic amines is 1. The normalized spacial score (nSPS) is 15.3. The molecule has 0 amide bonds. The van der Waals surface area contributed by atoms with E-state index in [0.717, 1.165) is 23.4 Å². The van der Waals surface area contributed by atoms with Crippen LogP contribution in [0.3, 0.4) is 0 Å². The summed E-state index contributed by atoms with van der Waals surface area (Å²) in [5, 5.41) is 1.98. The number of hydrogen-bond donors (Lipinski definition) is 1. The molecule has 1 saturated carbocycles. The quantitative estimate of drug-likeness (QED) is 0.925. The molecule has 0 aliphatic heterocycles. The van der Waals surface area contributed by atoms with Crippen LogP contribution in [0.2, 0.25) is 0 Å². The van der Waals surface area contributed by atoms with Gasteiger partial charge in [-0.1, -0.05) is 6.07 Å². The fraction of sp³-hybridized carbons (Fsp3) is 0.273. The van der Waals surface area contributed by atoms with E-state index in [0.29, 0.717) is 16.2 Å². The van der Waals surface area contributed by atoms with Crippen molar-refractivity contribution in [3.63, 3.8) is 0 Å². The Labute approximate surface area is 105 Å². The topological polar surface area (TPSA) is 45.8 Å². The average Bonchev–Trinajstić information content (AvgIpc) is 2.96. The fourth-order valence-corrected chi connectivity index (χ4v) is 2.81. The van der Waals surface area contributed by atoms with Crippen molar-refractivity contribution in [1.82, 2.24) is 9.97 Å². The second-order valence-corrected chi connectivity index (χ2v) is 5.61. The molecule has 82 valence electrons. The summed E-state index contributed by atoms with van der Waals surface area (Å²) in [7, 11) is 0. The molecule has 2 heterocycles. The largest absolute Gasteiger partial charge is 0.305 e. The van der Waals surface area contributed by atoms with Crippen LogP contribution in [0, 0.1) is 0 Å². The van der Waals surface area contributed by atoms with Crippen molar-refractivity contribution in [3.05, 3.63) is 38.0 Å². The molecule has 1 N–H and O–H groups in total. The highest BCUT2D eigenvalue weighted by Crippen LogP contribution is 2.41. The van der Waals surface area contributed by atoms with Gasteiger partial charge in [-0.05, 0) is 40.2 Å². The van der Waals surface area contributed by atoms with Gasteiger partial charge in [-0.15, -0.1) is 11.3 Å². The minimum absolute atomic E-state index is 0.0831. The summed E-state index contributed by atoms with van der Waals surface area (Å²) in [4.78, 5) is 20.1. The lowest BCUT2D eigenvalue weighted by Crippen LogP contribution is -2.12. The number of H-pyrrole nitrogens is 1. The fourth-order valence-electron chi connectivity index (χ4n) is 1.63. The third-order valence-corrected chi connectivity index (χ3v) is 4.25. The molecular formula is C11H9BrN2OS. The van der Waals surface area contributed by atoms with Crippen molar-refractivity contribution in [2.45, 2.75) is 18.8 Å².